The second kappa shape index (κ2) is 5.19. The zero-order chi connectivity index (χ0) is 14.9. The third-order valence-electron chi connectivity index (χ3n) is 2.11. The topological polar surface area (TPSA) is 49.4 Å². The maximum Gasteiger partial charge on any atom is 0.456 e. The predicted octanol–water partition coefficient (Wildman–Crippen LogP) is 3.13. The van der Waals surface area contributed by atoms with Crippen molar-refractivity contribution in [3.63, 3.8) is 0 Å². The highest BCUT2D eigenvalue weighted by Gasteiger charge is 2.64. The Morgan fingerprint density at radius 3 is 2.00 bits per heavy atom. The van der Waals surface area contributed by atoms with Gasteiger partial charge in [0.05, 0.1) is 0 Å². The molecule has 0 aromatic heterocycles. The van der Waals surface area contributed by atoms with E-state index in [-0.39, 0.29) is 0 Å². The fraction of sp³-hybridized carbons (Fsp3) is 0.400. The highest BCUT2D eigenvalue weighted by Crippen LogP contribution is 2.51. The van der Waals surface area contributed by atoms with Crippen LogP contribution in [0.5, 0.6) is 0 Å². The number of hydrogen-bond acceptors (Lipinski definition) is 3. The lowest BCUT2D eigenvalue weighted by Gasteiger charge is -2.32. The lowest BCUT2D eigenvalue weighted by Crippen LogP contribution is -2.43. The van der Waals surface area contributed by atoms with Crippen LogP contribution >= 0.6 is 7.60 Å². The summed E-state index contributed by atoms with van der Waals surface area (Å²) in [6.07, 6.45) is -8.87. The van der Waals surface area contributed by atoms with Crippen LogP contribution in [-0.2, 0) is 9.09 Å². The minimum absolute atomic E-state index is 0.426. The Morgan fingerprint density at radius 2 is 1.63 bits per heavy atom. The summed E-state index contributed by atoms with van der Waals surface area (Å²) >= 11 is 0. The first-order valence-electron chi connectivity index (χ1n) is 4.91. The number of rotatable bonds is 4. The summed E-state index contributed by atoms with van der Waals surface area (Å²) in [5.74, 6) is -5.33. The SMILES string of the molecule is CP(=O)([O-])O[C@@H](c1ccccc1)C(F)(F)C(F)(F)F. The Kier molecular flexibility index (Phi) is 4.39. The third kappa shape index (κ3) is 3.99. The molecule has 0 fully saturated rings. The largest absolute Gasteiger partial charge is 0.779 e. The molecule has 0 saturated heterocycles. The van der Waals surface area contributed by atoms with E-state index in [0.717, 1.165) is 12.1 Å². The quantitative estimate of drug-likeness (QED) is 0.634. The number of benzene rings is 1. The normalized spacial score (nSPS) is 17.8. The first-order chi connectivity index (χ1) is 8.45. The molecular formula is C10H9F5O3P-. The molecule has 3 nitrogen and oxygen atoms in total. The number of alkyl halides is 5. The summed E-state index contributed by atoms with van der Waals surface area (Å²) in [6, 6.07) is 5.64. The zero-order valence-corrected chi connectivity index (χ0v) is 10.4. The summed E-state index contributed by atoms with van der Waals surface area (Å²) in [4.78, 5) is 10.9. The first-order valence-corrected chi connectivity index (χ1v) is 6.90. The van der Waals surface area contributed by atoms with Gasteiger partial charge in [-0.25, -0.2) is 0 Å². The van der Waals surface area contributed by atoms with E-state index in [0.29, 0.717) is 6.66 Å². The van der Waals surface area contributed by atoms with Gasteiger partial charge in [-0.05, 0) is 5.56 Å². The second-order valence-electron chi connectivity index (χ2n) is 3.79. The van der Waals surface area contributed by atoms with Crippen LogP contribution in [0.4, 0.5) is 22.0 Å². The van der Waals surface area contributed by atoms with Crippen molar-refractivity contribution in [2.45, 2.75) is 18.2 Å². The third-order valence-corrected chi connectivity index (χ3v) is 2.70. The van der Waals surface area contributed by atoms with Crippen molar-refractivity contribution in [2.75, 3.05) is 6.66 Å². The van der Waals surface area contributed by atoms with Crippen LogP contribution in [0.1, 0.15) is 11.7 Å². The molecule has 9 heteroatoms. The van der Waals surface area contributed by atoms with Gasteiger partial charge in [0, 0.05) is 6.66 Å². The average molecular weight is 303 g/mol. The van der Waals surface area contributed by atoms with Gasteiger partial charge < -0.3 is 14.0 Å². The minimum atomic E-state index is -5.93. The van der Waals surface area contributed by atoms with Crippen LogP contribution in [0.3, 0.4) is 0 Å². The standard InChI is InChI=1S/C10H10F5O3P/c1-19(16,17)18-8(7-5-3-2-4-6-7)9(11,12)10(13,14)15/h2-6,8H,1H3,(H,16,17)/p-1/t8-/m0/s1. The van der Waals surface area contributed by atoms with Crippen LogP contribution < -0.4 is 4.89 Å². The van der Waals surface area contributed by atoms with E-state index in [1.54, 1.807) is 0 Å². The van der Waals surface area contributed by atoms with Gasteiger partial charge in [-0.1, -0.05) is 30.3 Å². The lowest BCUT2D eigenvalue weighted by molar-refractivity contribution is -0.317. The second-order valence-corrected chi connectivity index (χ2v) is 5.54. The first kappa shape index (κ1) is 16.1. The molecule has 0 aliphatic carbocycles. The molecule has 1 aromatic carbocycles. The van der Waals surface area contributed by atoms with Gasteiger partial charge in [0.1, 0.15) is 7.60 Å². The van der Waals surface area contributed by atoms with E-state index >= 15 is 0 Å². The van der Waals surface area contributed by atoms with Crippen molar-refractivity contribution in [3.8, 4) is 0 Å². The van der Waals surface area contributed by atoms with Gasteiger partial charge in [-0.2, -0.15) is 22.0 Å². The van der Waals surface area contributed by atoms with E-state index < -0.39 is 31.4 Å². The molecule has 0 bridgehead atoms. The summed E-state index contributed by atoms with van der Waals surface area (Å²) in [6.45, 7) is 0.426. The fourth-order valence-corrected chi connectivity index (χ4v) is 1.94. The molecule has 0 aliphatic heterocycles. The molecule has 0 N–H and O–H groups in total. The van der Waals surface area contributed by atoms with Crippen molar-refractivity contribution >= 4 is 7.60 Å². The van der Waals surface area contributed by atoms with E-state index in [1.165, 1.54) is 18.2 Å². The maximum atomic E-state index is 13.3. The van der Waals surface area contributed by atoms with Crippen LogP contribution in [0.15, 0.2) is 30.3 Å². The van der Waals surface area contributed by atoms with Crippen molar-refractivity contribution in [3.05, 3.63) is 35.9 Å². The van der Waals surface area contributed by atoms with Crippen molar-refractivity contribution in [2.24, 2.45) is 0 Å². The molecule has 0 spiro atoms. The maximum absolute atomic E-state index is 13.3. The molecule has 19 heavy (non-hydrogen) atoms. The molecule has 0 heterocycles. The molecule has 0 aliphatic rings. The summed E-state index contributed by atoms with van der Waals surface area (Å²) in [7, 11) is -4.78. The predicted molar refractivity (Wildman–Crippen MR) is 54.8 cm³/mol. The number of hydrogen-bond donors (Lipinski definition) is 0. The van der Waals surface area contributed by atoms with Gasteiger partial charge >= 0.3 is 12.1 Å². The summed E-state index contributed by atoms with van der Waals surface area (Å²) < 4.78 is 78.4. The monoisotopic (exact) mass is 303 g/mol. The molecule has 1 unspecified atom stereocenters. The Labute approximate surface area is 105 Å². The summed E-state index contributed by atoms with van der Waals surface area (Å²) in [5, 5.41) is 0. The fourth-order valence-electron chi connectivity index (χ4n) is 1.30. The van der Waals surface area contributed by atoms with E-state index in [4.69, 9.17) is 0 Å². The zero-order valence-electron chi connectivity index (χ0n) is 9.53. The van der Waals surface area contributed by atoms with Crippen LogP contribution in [-0.4, -0.2) is 18.8 Å². The number of halogens is 5. The Morgan fingerprint density at radius 1 is 1.16 bits per heavy atom. The van der Waals surface area contributed by atoms with Gasteiger partial charge in [0.25, 0.3) is 0 Å². The van der Waals surface area contributed by atoms with Crippen LogP contribution in [0, 0.1) is 0 Å². The van der Waals surface area contributed by atoms with Crippen molar-refractivity contribution in [1.82, 2.24) is 0 Å². The molecule has 1 aromatic rings. The molecule has 1 rings (SSSR count). The smallest absolute Gasteiger partial charge is 0.456 e. The van der Waals surface area contributed by atoms with Crippen LogP contribution in [0.25, 0.3) is 0 Å². The highest BCUT2D eigenvalue weighted by atomic mass is 31.2. The van der Waals surface area contributed by atoms with Gasteiger partial charge in [0.2, 0.25) is 0 Å². The molecule has 0 saturated carbocycles. The Hall–Kier alpha value is -0.980. The van der Waals surface area contributed by atoms with E-state index in [1.807, 2.05) is 0 Å². The van der Waals surface area contributed by atoms with Crippen molar-refractivity contribution < 1.29 is 35.9 Å². The molecule has 0 amide bonds. The minimum Gasteiger partial charge on any atom is -0.779 e. The van der Waals surface area contributed by atoms with Gasteiger partial charge in [0.15, 0.2) is 6.10 Å². The van der Waals surface area contributed by atoms with E-state index in [9.17, 15) is 31.4 Å². The van der Waals surface area contributed by atoms with E-state index in [2.05, 4.69) is 4.52 Å². The molecular weight excluding hydrogens is 294 g/mol. The molecule has 2 atom stereocenters. The average Bonchev–Trinajstić information content (AvgIpc) is 2.24. The van der Waals surface area contributed by atoms with Crippen LogP contribution in [0.2, 0.25) is 0 Å². The summed E-state index contributed by atoms with van der Waals surface area (Å²) in [5.41, 5.74) is -0.581. The van der Waals surface area contributed by atoms with Gasteiger partial charge in [-0.15, -0.1) is 0 Å². The molecule has 0 radical (unpaired) electrons. The van der Waals surface area contributed by atoms with Gasteiger partial charge in [-0.3, -0.25) is 0 Å². The Balaban J connectivity index is 3.25. The Bertz CT molecular complexity index is 468. The highest BCUT2D eigenvalue weighted by molar-refractivity contribution is 7.50. The molecule has 108 valence electrons. The lowest BCUT2D eigenvalue weighted by atomic mass is 10.0. The van der Waals surface area contributed by atoms with Crippen molar-refractivity contribution in [1.29, 1.82) is 0 Å².